The van der Waals surface area contributed by atoms with E-state index in [-0.39, 0.29) is 0 Å². The second-order valence-corrected chi connectivity index (χ2v) is 6.44. The summed E-state index contributed by atoms with van der Waals surface area (Å²) in [4.78, 5) is 5.09. The first-order valence-electron chi connectivity index (χ1n) is 7.86. The fourth-order valence-electron chi connectivity index (χ4n) is 3.97. The van der Waals surface area contributed by atoms with E-state index in [2.05, 4.69) is 60.5 Å². The van der Waals surface area contributed by atoms with Crippen LogP contribution in [0.4, 0.5) is 0 Å². The van der Waals surface area contributed by atoms with E-state index in [1.54, 1.807) is 0 Å². The van der Waals surface area contributed by atoms with Crippen molar-refractivity contribution in [2.75, 3.05) is 34.2 Å². The Labute approximate surface area is 123 Å². The molecule has 3 nitrogen and oxygen atoms in total. The summed E-state index contributed by atoms with van der Waals surface area (Å²) in [6, 6.07) is 10.7. The molecule has 3 rings (SSSR count). The summed E-state index contributed by atoms with van der Waals surface area (Å²) in [5, 5.41) is 3.55. The minimum atomic E-state index is 0.482. The number of nitrogens with one attached hydrogen (secondary N) is 1. The number of benzene rings is 1. The molecule has 1 aliphatic heterocycles. The highest BCUT2D eigenvalue weighted by Gasteiger charge is 2.36. The van der Waals surface area contributed by atoms with Gasteiger partial charge in [0.2, 0.25) is 0 Å². The van der Waals surface area contributed by atoms with Crippen molar-refractivity contribution in [2.45, 2.75) is 37.4 Å². The van der Waals surface area contributed by atoms with Crippen LogP contribution in [0.1, 0.15) is 30.0 Å². The second kappa shape index (κ2) is 5.84. The van der Waals surface area contributed by atoms with Crippen LogP contribution in [0.5, 0.6) is 0 Å². The zero-order chi connectivity index (χ0) is 14.1. The average molecular weight is 273 g/mol. The average Bonchev–Trinajstić information content (AvgIpc) is 2.85. The molecule has 0 aromatic heterocycles. The van der Waals surface area contributed by atoms with Crippen LogP contribution in [0.2, 0.25) is 0 Å². The lowest BCUT2D eigenvalue weighted by molar-refractivity contribution is 0.0946. The van der Waals surface area contributed by atoms with Gasteiger partial charge in [0.25, 0.3) is 0 Å². The van der Waals surface area contributed by atoms with Gasteiger partial charge in [0.1, 0.15) is 0 Å². The number of hydrogen-bond donors (Lipinski definition) is 1. The van der Waals surface area contributed by atoms with Crippen molar-refractivity contribution in [3.63, 3.8) is 0 Å². The molecular weight excluding hydrogens is 246 g/mol. The van der Waals surface area contributed by atoms with Gasteiger partial charge in [0.05, 0.1) is 0 Å². The van der Waals surface area contributed by atoms with E-state index in [0.29, 0.717) is 12.1 Å². The first kappa shape index (κ1) is 14.1. The summed E-state index contributed by atoms with van der Waals surface area (Å²) in [5.74, 6) is 0. The number of hydrogen-bond acceptors (Lipinski definition) is 3. The van der Waals surface area contributed by atoms with Gasteiger partial charge in [-0.15, -0.1) is 0 Å². The van der Waals surface area contributed by atoms with Gasteiger partial charge < -0.3 is 10.2 Å². The summed E-state index contributed by atoms with van der Waals surface area (Å²) in [6.07, 6.45) is 3.79. The highest BCUT2D eigenvalue weighted by atomic mass is 15.2. The first-order chi connectivity index (χ1) is 9.70. The summed E-state index contributed by atoms with van der Waals surface area (Å²) < 4.78 is 0. The predicted molar refractivity (Wildman–Crippen MR) is 84.0 cm³/mol. The zero-order valence-electron chi connectivity index (χ0n) is 13.0. The van der Waals surface area contributed by atoms with Crippen LogP contribution in [0.3, 0.4) is 0 Å². The largest absolute Gasteiger partial charge is 0.312 e. The van der Waals surface area contributed by atoms with Gasteiger partial charge in [-0.2, -0.15) is 0 Å². The van der Waals surface area contributed by atoms with Gasteiger partial charge in [-0.05, 0) is 64.6 Å². The highest BCUT2D eigenvalue weighted by Crippen LogP contribution is 2.35. The molecule has 0 amide bonds. The molecule has 2 aliphatic rings. The molecule has 110 valence electrons. The van der Waals surface area contributed by atoms with Crippen molar-refractivity contribution in [2.24, 2.45) is 0 Å². The van der Waals surface area contributed by atoms with Crippen LogP contribution < -0.4 is 5.32 Å². The van der Waals surface area contributed by atoms with Crippen LogP contribution in [-0.4, -0.2) is 56.1 Å². The lowest BCUT2D eigenvalue weighted by Crippen LogP contribution is -2.49. The molecule has 0 spiro atoms. The Morgan fingerprint density at radius 3 is 2.60 bits per heavy atom. The fraction of sp³-hybridized carbons (Fsp3) is 0.647. The topological polar surface area (TPSA) is 18.5 Å². The third kappa shape index (κ3) is 2.50. The van der Waals surface area contributed by atoms with E-state index in [4.69, 9.17) is 0 Å². The van der Waals surface area contributed by atoms with E-state index >= 15 is 0 Å². The maximum Gasteiger partial charge on any atom is 0.0481 e. The molecule has 1 aliphatic carbocycles. The summed E-state index contributed by atoms with van der Waals surface area (Å²) in [6.45, 7) is 2.47. The second-order valence-electron chi connectivity index (χ2n) is 6.44. The highest BCUT2D eigenvalue weighted by molar-refractivity contribution is 5.37. The van der Waals surface area contributed by atoms with E-state index < -0.39 is 0 Å². The molecule has 3 heteroatoms. The van der Waals surface area contributed by atoms with E-state index in [9.17, 15) is 0 Å². The van der Waals surface area contributed by atoms with Crippen LogP contribution in [0.25, 0.3) is 0 Å². The summed E-state index contributed by atoms with van der Waals surface area (Å²) in [5.41, 5.74) is 3.02. The predicted octanol–water partition coefficient (Wildman–Crippen LogP) is 1.90. The Bertz CT molecular complexity index is 451. The number of likely N-dealkylation sites (tertiary alicyclic amines) is 1. The minimum absolute atomic E-state index is 0.482. The first-order valence-corrected chi connectivity index (χ1v) is 7.86. The monoisotopic (exact) mass is 273 g/mol. The molecule has 1 aromatic carbocycles. The van der Waals surface area contributed by atoms with E-state index in [0.717, 1.165) is 6.04 Å². The van der Waals surface area contributed by atoms with E-state index in [1.807, 2.05) is 0 Å². The number of rotatable bonds is 3. The summed E-state index contributed by atoms with van der Waals surface area (Å²) >= 11 is 0. The molecule has 0 radical (unpaired) electrons. The molecule has 0 bridgehead atoms. The molecule has 20 heavy (non-hydrogen) atoms. The zero-order valence-corrected chi connectivity index (χ0v) is 13.0. The standard InChI is InChI=1S/C17H27N3/c1-18-17-15-7-5-4-6-13(15)12-16(17)20(3)14-8-10-19(2)11-9-14/h4-7,14,16-18H,8-12H2,1-3H3. The lowest BCUT2D eigenvalue weighted by atomic mass is 9.99. The minimum Gasteiger partial charge on any atom is -0.312 e. The Balaban J connectivity index is 1.74. The quantitative estimate of drug-likeness (QED) is 0.907. The van der Waals surface area contributed by atoms with Gasteiger partial charge in [-0.25, -0.2) is 0 Å². The van der Waals surface area contributed by atoms with Gasteiger partial charge in [0.15, 0.2) is 0 Å². The summed E-state index contributed by atoms with van der Waals surface area (Å²) in [7, 11) is 6.66. The molecular formula is C17H27N3. The van der Waals surface area contributed by atoms with Crippen molar-refractivity contribution >= 4 is 0 Å². The Kier molecular flexibility index (Phi) is 4.11. The van der Waals surface area contributed by atoms with Gasteiger partial charge in [-0.3, -0.25) is 4.90 Å². The van der Waals surface area contributed by atoms with Crippen molar-refractivity contribution < 1.29 is 0 Å². The van der Waals surface area contributed by atoms with Gasteiger partial charge in [-0.1, -0.05) is 24.3 Å². The molecule has 1 fully saturated rings. The van der Waals surface area contributed by atoms with Crippen molar-refractivity contribution in [1.29, 1.82) is 0 Å². The van der Waals surface area contributed by atoms with Gasteiger partial charge >= 0.3 is 0 Å². The van der Waals surface area contributed by atoms with Crippen LogP contribution >= 0.6 is 0 Å². The Hall–Kier alpha value is -0.900. The number of nitrogens with zero attached hydrogens (tertiary/aromatic N) is 2. The maximum atomic E-state index is 3.55. The molecule has 1 saturated heterocycles. The third-order valence-corrected chi connectivity index (χ3v) is 5.30. The van der Waals surface area contributed by atoms with Crippen molar-refractivity contribution in [3.8, 4) is 0 Å². The van der Waals surface area contributed by atoms with Crippen LogP contribution in [0.15, 0.2) is 24.3 Å². The SMILES string of the molecule is CNC1c2ccccc2CC1N(C)C1CCN(C)CC1. The molecule has 2 unspecified atom stereocenters. The Morgan fingerprint density at radius 2 is 1.90 bits per heavy atom. The van der Waals surface area contributed by atoms with Crippen LogP contribution in [-0.2, 0) is 6.42 Å². The molecule has 0 saturated carbocycles. The number of fused-ring (bicyclic) bond motifs is 1. The van der Waals surface area contributed by atoms with Crippen LogP contribution in [0, 0.1) is 0 Å². The molecule has 1 N–H and O–H groups in total. The maximum absolute atomic E-state index is 3.55. The molecule has 1 aromatic rings. The van der Waals surface area contributed by atoms with E-state index in [1.165, 1.54) is 43.5 Å². The van der Waals surface area contributed by atoms with Crippen molar-refractivity contribution in [1.82, 2.24) is 15.1 Å². The third-order valence-electron chi connectivity index (χ3n) is 5.30. The lowest BCUT2D eigenvalue weighted by Gasteiger charge is -2.40. The van der Waals surface area contributed by atoms with Crippen molar-refractivity contribution in [3.05, 3.63) is 35.4 Å². The number of likely N-dealkylation sites (N-methyl/N-ethyl adjacent to an activating group) is 2. The van der Waals surface area contributed by atoms with Gasteiger partial charge in [0, 0.05) is 18.1 Å². The normalized spacial score (nSPS) is 28.0. The Morgan fingerprint density at radius 1 is 1.20 bits per heavy atom. The number of piperidine rings is 1. The fourth-order valence-corrected chi connectivity index (χ4v) is 3.97. The molecule has 2 atom stereocenters. The smallest absolute Gasteiger partial charge is 0.0481 e. The molecule has 1 heterocycles.